The fourth-order valence-corrected chi connectivity index (χ4v) is 1.57. The Bertz CT molecular complexity index is 264. The highest BCUT2D eigenvalue weighted by Crippen LogP contribution is 2.06. The first-order chi connectivity index (χ1) is 7.83. The van der Waals surface area contributed by atoms with Crippen molar-refractivity contribution >= 4 is 0 Å². The number of hydrogen-bond donors (Lipinski definition) is 1. The summed E-state index contributed by atoms with van der Waals surface area (Å²) in [4.78, 5) is 4.32. The average Bonchev–Trinajstić information content (AvgIpc) is 2.33. The molecule has 3 nitrogen and oxygen atoms in total. The van der Waals surface area contributed by atoms with Gasteiger partial charge in [-0.3, -0.25) is 4.98 Å². The first kappa shape index (κ1) is 13.1. The van der Waals surface area contributed by atoms with Crippen LogP contribution in [0.15, 0.2) is 24.4 Å². The molecular weight excluding hydrogens is 200 g/mol. The Hall–Kier alpha value is -0.930. The Morgan fingerprint density at radius 3 is 3.00 bits per heavy atom. The zero-order chi connectivity index (χ0) is 11.6. The molecule has 0 radical (unpaired) electrons. The highest BCUT2D eigenvalue weighted by atomic mass is 16.5. The predicted molar refractivity (Wildman–Crippen MR) is 66.5 cm³/mol. The Labute approximate surface area is 98.2 Å². The number of ether oxygens (including phenoxy) is 1. The van der Waals surface area contributed by atoms with E-state index in [1.165, 1.54) is 12.1 Å². The maximum atomic E-state index is 4.98. The molecule has 0 aliphatic rings. The molecule has 1 atom stereocenters. The van der Waals surface area contributed by atoms with Crippen LogP contribution in [0.25, 0.3) is 0 Å². The first-order valence-electron chi connectivity index (χ1n) is 5.92. The van der Waals surface area contributed by atoms with Gasteiger partial charge in [-0.1, -0.05) is 13.0 Å². The lowest BCUT2D eigenvalue weighted by atomic mass is 10.0. The van der Waals surface area contributed by atoms with Gasteiger partial charge in [0, 0.05) is 25.5 Å². The van der Waals surface area contributed by atoms with E-state index in [1.807, 2.05) is 18.3 Å². The van der Waals surface area contributed by atoms with Gasteiger partial charge in [-0.25, -0.2) is 0 Å². The molecule has 0 spiro atoms. The van der Waals surface area contributed by atoms with Crippen molar-refractivity contribution < 1.29 is 4.74 Å². The zero-order valence-electron chi connectivity index (χ0n) is 10.3. The molecule has 1 N–H and O–H groups in total. The minimum atomic E-state index is 0.680. The fraction of sp³-hybridized carbons (Fsp3) is 0.615. The number of methoxy groups -OCH3 is 1. The third kappa shape index (κ3) is 5.83. The molecule has 0 aromatic carbocycles. The smallest absolute Gasteiger partial charge is 0.0587 e. The second-order valence-electron chi connectivity index (χ2n) is 4.16. The molecular formula is C13H22N2O. The fourth-order valence-electron chi connectivity index (χ4n) is 1.57. The maximum Gasteiger partial charge on any atom is 0.0587 e. The normalized spacial score (nSPS) is 12.6. The molecule has 1 aromatic rings. The van der Waals surface area contributed by atoms with Crippen LogP contribution in [0.2, 0.25) is 0 Å². The van der Waals surface area contributed by atoms with E-state index in [-0.39, 0.29) is 0 Å². The van der Waals surface area contributed by atoms with Crippen molar-refractivity contribution in [1.29, 1.82) is 0 Å². The molecule has 16 heavy (non-hydrogen) atoms. The van der Waals surface area contributed by atoms with Gasteiger partial charge in [0.2, 0.25) is 0 Å². The van der Waals surface area contributed by atoms with Gasteiger partial charge in [0.15, 0.2) is 0 Å². The number of aryl methyl sites for hydroxylation is 1. The molecule has 0 fully saturated rings. The minimum Gasteiger partial charge on any atom is -0.383 e. The molecule has 3 heteroatoms. The lowest BCUT2D eigenvalue weighted by molar-refractivity contribution is 0.198. The van der Waals surface area contributed by atoms with Crippen LogP contribution in [-0.4, -0.2) is 31.8 Å². The standard InChI is InChI=1S/C13H22N2O/c1-12(11-14-9-10-16-2)6-7-13-5-3-4-8-15-13/h3-5,8,12,14H,6-7,9-11H2,1-2H3. The molecule has 1 rings (SSSR count). The Morgan fingerprint density at radius 1 is 1.44 bits per heavy atom. The summed E-state index contributed by atoms with van der Waals surface area (Å²) in [6, 6.07) is 6.09. The maximum absolute atomic E-state index is 4.98. The average molecular weight is 222 g/mol. The van der Waals surface area contributed by atoms with Crippen molar-refractivity contribution in [2.24, 2.45) is 5.92 Å². The molecule has 0 aliphatic carbocycles. The number of rotatable bonds is 8. The third-order valence-corrected chi connectivity index (χ3v) is 2.60. The zero-order valence-corrected chi connectivity index (χ0v) is 10.3. The second-order valence-corrected chi connectivity index (χ2v) is 4.16. The Kier molecular flexibility index (Phi) is 6.77. The minimum absolute atomic E-state index is 0.680. The van der Waals surface area contributed by atoms with Gasteiger partial charge >= 0.3 is 0 Å². The van der Waals surface area contributed by atoms with Crippen molar-refractivity contribution in [3.8, 4) is 0 Å². The van der Waals surface area contributed by atoms with Gasteiger partial charge in [-0.2, -0.15) is 0 Å². The predicted octanol–water partition coefficient (Wildman–Crippen LogP) is 1.89. The number of nitrogens with one attached hydrogen (secondary N) is 1. The van der Waals surface area contributed by atoms with Crippen LogP contribution in [0.1, 0.15) is 19.0 Å². The van der Waals surface area contributed by atoms with E-state index in [9.17, 15) is 0 Å². The number of nitrogens with zero attached hydrogens (tertiary/aromatic N) is 1. The van der Waals surface area contributed by atoms with Crippen molar-refractivity contribution in [2.45, 2.75) is 19.8 Å². The molecule has 1 unspecified atom stereocenters. The van der Waals surface area contributed by atoms with Crippen molar-refractivity contribution in [3.63, 3.8) is 0 Å². The monoisotopic (exact) mass is 222 g/mol. The molecule has 0 saturated carbocycles. The molecule has 1 aromatic heterocycles. The van der Waals surface area contributed by atoms with Crippen LogP contribution in [0.4, 0.5) is 0 Å². The molecule has 0 aliphatic heterocycles. The highest BCUT2D eigenvalue weighted by Gasteiger charge is 2.02. The summed E-state index contributed by atoms with van der Waals surface area (Å²) in [7, 11) is 1.73. The van der Waals surface area contributed by atoms with E-state index in [2.05, 4.69) is 23.3 Å². The van der Waals surface area contributed by atoms with Crippen LogP contribution >= 0.6 is 0 Å². The van der Waals surface area contributed by atoms with Gasteiger partial charge in [-0.15, -0.1) is 0 Å². The number of hydrogen-bond acceptors (Lipinski definition) is 3. The summed E-state index contributed by atoms with van der Waals surface area (Å²) in [5, 5.41) is 3.38. The van der Waals surface area contributed by atoms with Gasteiger partial charge in [0.1, 0.15) is 0 Å². The van der Waals surface area contributed by atoms with Crippen LogP contribution in [0.3, 0.4) is 0 Å². The van der Waals surface area contributed by atoms with Crippen molar-refractivity contribution in [2.75, 3.05) is 26.8 Å². The summed E-state index contributed by atoms with van der Waals surface area (Å²) in [6.45, 7) is 5.04. The van der Waals surface area contributed by atoms with Crippen LogP contribution in [0.5, 0.6) is 0 Å². The van der Waals surface area contributed by atoms with Crippen LogP contribution in [0, 0.1) is 5.92 Å². The largest absolute Gasteiger partial charge is 0.383 e. The molecule has 90 valence electrons. The van der Waals surface area contributed by atoms with E-state index in [0.29, 0.717) is 5.92 Å². The molecule has 0 bridgehead atoms. The van der Waals surface area contributed by atoms with E-state index in [4.69, 9.17) is 4.74 Å². The van der Waals surface area contributed by atoms with Gasteiger partial charge < -0.3 is 10.1 Å². The Morgan fingerprint density at radius 2 is 2.31 bits per heavy atom. The molecule has 0 saturated heterocycles. The van der Waals surface area contributed by atoms with E-state index < -0.39 is 0 Å². The summed E-state index contributed by atoms with van der Waals surface area (Å²) in [6.07, 6.45) is 4.10. The lowest BCUT2D eigenvalue weighted by Gasteiger charge is -2.11. The summed E-state index contributed by atoms with van der Waals surface area (Å²) in [5.74, 6) is 0.680. The van der Waals surface area contributed by atoms with E-state index in [0.717, 1.165) is 26.1 Å². The topological polar surface area (TPSA) is 34.1 Å². The van der Waals surface area contributed by atoms with E-state index in [1.54, 1.807) is 7.11 Å². The van der Waals surface area contributed by atoms with Gasteiger partial charge in [0.05, 0.1) is 6.61 Å². The summed E-state index contributed by atoms with van der Waals surface area (Å²) < 4.78 is 4.98. The Balaban J connectivity index is 2.08. The van der Waals surface area contributed by atoms with Crippen molar-refractivity contribution in [1.82, 2.24) is 10.3 Å². The van der Waals surface area contributed by atoms with Gasteiger partial charge in [-0.05, 0) is 37.4 Å². The molecule has 1 heterocycles. The summed E-state index contributed by atoms with van der Waals surface area (Å²) in [5.41, 5.74) is 1.19. The highest BCUT2D eigenvalue weighted by molar-refractivity contribution is 5.03. The van der Waals surface area contributed by atoms with Crippen molar-refractivity contribution in [3.05, 3.63) is 30.1 Å². The molecule has 0 amide bonds. The SMILES string of the molecule is COCCNCC(C)CCc1ccccn1. The van der Waals surface area contributed by atoms with Crippen LogP contribution in [-0.2, 0) is 11.2 Å². The second kappa shape index (κ2) is 8.25. The van der Waals surface area contributed by atoms with Gasteiger partial charge in [0.25, 0.3) is 0 Å². The third-order valence-electron chi connectivity index (χ3n) is 2.60. The van der Waals surface area contributed by atoms with Crippen LogP contribution < -0.4 is 5.32 Å². The number of aromatic nitrogens is 1. The lowest BCUT2D eigenvalue weighted by Crippen LogP contribution is -2.25. The van der Waals surface area contributed by atoms with E-state index >= 15 is 0 Å². The number of pyridine rings is 1. The first-order valence-corrected chi connectivity index (χ1v) is 5.92. The quantitative estimate of drug-likeness (QED) is 0.682. The summed E-state index contributed by atoms with van der Waals surface area (Å²) >= 11 is 0.